The zero-order chi connectivity index (χ0) is 13.9. The van der Waals surface area contributed by atoms with Gasteiger partial charge in [-0.3, -0.25) is 4.90 Å². The Morgan fingerprint density at radius 3 is 2.75 bits per heavy atom. The van der Waals surface area contributed by atoms with Crippen molar-refractivity contribution < 1.29 is 4.52 Å². The van der Waals surface area contributed by atoms with Crippen LogP contribution < -0.4 is 5.32 Å². The van der Waals surface area contributed by atoms with Gasteiger partial charge in [-0.2, -0.15) is 4.98 Å². The van der Waals surface area contributed by atoms with Crippen molar-refractivity contribution in [2.45, 2.75) is 19.9 Å². The van der Waals surface area contributed by atoms with Gasteiger partial charge in [-0.25, -0.2) is 0 Å². The summed E-state index contributed by atoms with van der Waals surface area (Å²) in [5.41, 5.74) is 2.20. The van der Waals surface area contributed by atoms with Crippen LogP contribution in [0.25, 0.3) is 11.4 Å². The highest BCUT2D eigenvalue weighted by molar-refractivity contribution is 5.58. The summed E-state index contributed by atoms with van der Waals surface area (Å²) in [5, 5.41) is 7.49. The lowest BCUT2D eigenvalue weighted by Gasteiger charge is -2.30. The molecule has 5 heteroatoms. The van der Waals surface area contributed by atoms with Gasteiger partial charge in [0, 0.05) is 31.7 Å². The zero-order valence-electron chi connectivity index (χ0n) is 12.0. The molecule has 1 aliphatic rings. The molecule has 0 bridgehead atoms. The first-order chi connectivity index (χ1) is 9.75. The number of nitrogens with zero attached hydrogens (tertiary/aromatic N) is 3. The van der Waals surface area contributed by atoms with Crippen molar-refractivity contribution in [1.82, 2.24) is 20.4 Å². The van der Waals surface area contributed by atoms with Gasteiger partial charge in [-0.1, -0.05) is 29.4 Å². The molecule has 1 N–H and O–H groups in total. The van der Waals surface area contributed by atoms with E-state index in [1.807, 2.05) is 18.2 Å². The van der Waals surface area contributed by atoms with Crippen molar-refractivity contribution in [2.24, 2.45) is 0 Å². The Balaban J connectivity index is 1.81. The SMILES string of the molecule is Cc1ccccc1-c1noc(C(C)N2CCNCC2)n1. The Labute approximate surface area is 119 Å². The minimum absolute atomic E-state index is 0.169. The molecule has 1 unspecified atom stereocenters. The molecule has 1 atom stereocenters. The maximum Gasteiger partial charge on any atom is 0.244 e. The van der Waals surface area contributed by atoms with Crippen molar-refractivity contribution >= 4 is 0 Å². The second-order valence-electron chi connectivity index (χ2n) is 5.23. The number of rotatable bonds is 3. The molecule has 2 heterocycles. The highest BCUT2D eigenvalue weighted by Gasteiger charge is 2.23. The van der Waals surface area contributed by atoms with Crippen LogP contribution in [-0.2, 0) is 0 Å². The van der Waals surface area contributed by atoms with E-state index in [4.69, 9.17) is 4.52 Å². The average Bonchev–Trinajstić information content (AvgIpc) is 2.97. The zero-order valence-corrected chi connectivity index (χ0v) is 12.0. The van der Waals surface area contributed by atoms with Gasteiger partial charge < -0.3 is 9.84 Å². The van der Waals surface area contributed by atoms with Gasteiger partial charge in [0.1, 0.15) is 0 Å². The third-order valence-electron chi connectivity index (χ3n) is 3.88. The molecular formula is C15H20N4O. The fourth-order valence-corrected chi connectivity index (χ4v) is 2.56. The van der Waals surface area contributed by atoms with E-state index in [1.54, 1.807) is 0 Å². The van der Waals surface area contributed by atoms with Crippen molar-refractivity contribution in [1.29, 1.82) is 0 Å². The molecule has 1 saturated heterocycles. The van der Waals surface area contributed by atoms with E-state index < -0.39 is 0 Å². The summed E-state index contributed by atoms with van der Waals surface area (Å²) in [6.07, 6.45) is 0. The molecular weight excluding hydrogens is 252 g/mol. The highest BCUT2D eigenvalue weighted by atomic mass is 16.5. The van der Waals surface area contributed by atoms with E-state index in [-0.39, 0.29) is 6.04 Å². The third-order valence-corrected chi connectivity index (χ3v) is 3.88. The number of aryl methyl sites for hydroxylation is 1. The first kappa shape index (κ1) is 13.3. The van der Waals surface area contributed by atoms with Crippen LogP contribution in [0.1, 0.15) is 24.4 Å². The first-order valence-electron chi connectivity index (χ1n) is 7.10. The van der Waals surface area contributed by atoms with Gasteiger partial charge in [-0.15, -0.1) is 0 Å². The van der Waals surface area contributed by atoms with Crippen LogP contribution in [0.4, 0.5) is 0 Å². The lowest BCUT2D eigenvalue weighted by Crippen LogP contribution is -2.44. The van der Waals surface area contributed by atoms with E-state index in [0.29, 0.717) is 11.7 Å². The van der Waals surface area contributed by atoms with Gasteiger partial charge in [0.05, 0.1) is 6.04 Å². The van der Waals surface area contributed by atoms with E-state index in [2.05, 4.69) is 40.3 Å². The lowest BCUT2D eigenvalue weighted by molar-refractivity contribution is 0.154. The Bertz CT molecular complexity index is 575. The van der Waals surface area contributed by atoms with Crippen LogP contribution in [0, 0.1) is 6.92 Å². The van der Waals surface area contributed by atoms with Gasteiger partial charge in [0.25, 0.3) is 0 Å². The number of benzene rings is 1. The summed E-state index contributed by atoms with van der Waals surface area (Å²) in [6.45, 7) is 8.25. The lowest BCUT2D eigenvalue weighted by atomic mass is 10.1. The standard InChI is InChI=1S/C15H20N4O/c1-11-5-3-4-6-13(11)14-17-15(20-18-14)12(2)19-9-7-16-8-10-19/h3-6,12,16H,7-10H2,1-2H3. The number of hydrogen-bond acceptors (Lipinski definition) is 5. The van der Waals surface area contributed by atoms with Crippen LogP contribution in [0.5, 0.6) is 0 Å². The molecule has 1 aliphatic heterocycles. The maximum absolute atomic E-state index is 5.47. The summed E-state index contributed by atoms with van der Waals surface area (Å²) >= 11 is 0. The topological polar surface area (TPSA) is 54.2 Å². The number of piperazine rings is 1. The predicted molar refractivity (Wildman–Crippen MR) is 77.3 cm³/mol. The summed E-state index contributed by atoms with van der Waals surface area (Å²) in [7, 11) is 0. The monoisotopic (exact) mass is 272 g/mol. The number of hydrogen-bond donors (Lipinski definition) is 1. The quantitative estimate of drug-likeness (QED) is 0.926. The van der Waals surface area contributed by atoms with Crippen LogP contribution in [0.15, 0.2) is 28.8 Å². The molecule has 1 fully saturated rings. The van der Waals surface area contributed by atoms with Crippen molar-refractivity contribution in [2.75, 3.05) is 26.2 Å². The van der Waals surface area contributed by atoms with E-state index in [0.717, 1.165) is 37.3 Å². The molecule has 106 valence electrons. The molecule has 0 saturated carbocycles. The normalized spacial score (nSPS) is 18.1. The summed E-state index contributed by atoms with van der Waals surface area (Å²) in [5.74, 6) is 1.38. The second-order valence-corrected chi connectivity index (χ2v) is 5.23. The fourth-order valence-electron chi connectivity index (χ4n) is 2.56. The van der Waals surface area contributed by atoms with E-state index >= 15 is 0 Å². The summed E-state index contributed by atoms with van der Waals surface area (Å²) in [6, 6.07) is 8.27. The summed E-state index contributed by atoms with van der Waals surface area (Å²) < 4.78 is 5.47. The van der Waals surface area contributed by atoms with Crippen LogP contribution in [0.2, 0.25) is 0 Å². The number of nitrogens with one attached hydrogen (secondary N) is 1. The van der Waals surface area contributed by atoms with Crippen LogP contribution in [-0.4, -0.2) is 41.2 Å². The van der Waals surface area contributed by atoms with E-state index in [9.17, 15) is 0 Å². The molecule has 0 aliphatic carbocycles. The molecule has 0 amide bonds. The van der Waals surface area contributed by atoms with Crippen molar-refractivity contribution in [3.05, 3.63) is 35.7 Å². The largest absolute Gasteiger partial charge is 0.337 e. The third kappa shape index (κ3) is 2.59. The molecule has 0 spiro atoms. The molecule has 0 radical (unpaired) electrons. The Morgan fingerprint density at radius 1 is 1.25 bits per heavy atom. The first-order valence-corrected chi connectivity index (χ1v) is 7.10. The minimum atomic E-state index is 0.169. The Hall–Kier alpha value is -1.72. The molecule has 3 rings (SSSR count). The van der Waals surface area contributed by atoms with Gasteiger partial charge in [0.15, 0.2) is 0 Å². The Morgan fingerprint density at radius 2 is 2.00 bits per heavy atom. The van der Waals surface area contributed by atoms with Crippen LogP contribution >= 0.6 is 0 Å². The van der Waals surface area contributed by atoms with Gasteiger partial charge in [0.2, 0.25) is 11.7 Å². The molecule has 1 aromatic heterocycles. The highest BCUT2D eigenvalue weighted by Crippen LogP contribution is 2.24. The van der Waals surface area contributed by atoms with Gasteiger partial charge >= 0.3 is 0 Å². The number of aromatic nitrogens is 2. The van der Waals surface area contributed by atoms with Gasteiger partial charge in [-0.05, 0) is 19.4 Å². The molecule has 20 heavy (non-hydrogen) atoms. The molecule has 5 nitrogen and oxygen atoms in total. The predicted octanol–water partition coefficient (Wildman–Crippen LogP) is 2.01. The van der Waals surface area contributed by atoms with Crippen molar-refractivity contribution in [3.63, 3.8) is 0 Å². The maximum atomic E-state index is 5.47. The Kier molecular flexibility index (Phi) is 3.80. The molecule has 1 aromatic carbocycles. The van der Waals surface area contributed by atoms with Crippen molar-refractivity contribution in [3.8, 4) is 11.4 Å². The minimum Gasteiger partial charge on any atom is -0.337 e. The smallest absolute Gasteiger partial charge is 0.244 e. The average molecular weight is 272 g/mol. The van der Waals surface area contributed by atoms with E-state index in [1.165, 1.54) is 0 Å². The molecule has 2 aromatic rings. The fraction of sp³-hybridized carbons (Fsp3) is 0.467. The van der Waals surface area contributed by atoms with Crippen LogP contribution in [0.3, 0.4) is 0 Å². The second kappa shape index (κ2) is 5.73. The summed E-state index contributed by atoms with van der Waals surface area (Å²) in [4.78, 5) is 6.94.